The first-order valence-electron chi connectivity index (χ1n) is 6.23. The highest BCUT2D eigenvalue weighted by molar-refractivity contribution is 9.10. The maximum absolute atomic E-state index is 9.07. The number of likely N-dealkylation sites (tertiary alicyclic amines) is 1. The fourth-order valence-electron chi connectivity index (χ4n) is 2.26. The average Bonchev–Trinajstić information content (AvgIpc) is 2.39. The minimum Gasteiger partial charge on any atom is -0.491 e. The average molecular weight is 309 g/mol. The Bertz CT molecular complexity index is 456. The van der Waals surface area contributed by atoms with Crippen molar-refractivity contribution in [3.8, 4) is 11.8 Å². The molecule has 96 valence electrons. The summed E-state index contributed by atoms with van der Waals surface area (Å²) in [5, 5.41) is 9.07. The molecule has 0 amide bonds. The Morgan fingerprint density at radius 2 is 2.33 bits per heavy atom. The van der Waals surface area contributed by atoms with Gasteiger partial charge in [0, 0.05) is 10.5 Å². The smallest absolute Gasteiger partial charge is 0.137 e. The molecule has 0 saturated carbocycles. The molecule has 0 N–H and O–H groups in total. The molecule has 0 aliphatic carbocycles. The molecule has 1 aromatic carbocycles. The summed E-state index contributed by atoms with van der Waals surface area (Å²) in [6.07, 6.45) is 3.72. The summed E-state index contributed by atoms with van der Waals surface area (Å²) >= 11 is 3.36. The molecule has 1 aromatic rings. The zero-order valence-corrected chi connectivity index (χ0v) is 12.1. The molecule has 0 radical (unpaired) electrons. The van der Waals surface area contributed by atoms with E-state index < -0.39 is 0 Å². The first-order valence-corrected chi connectivity index (χ1v) is 7.02. The molecule has 1 aliphatic rings. The van der Waals surface area contributed by atoms with Crippen molar-refractivity contribution in [1.82, 2.24) is 4.90 Å². The van der Waals surface area contributed by atoms with Crippen molar-refractivity contribution in [2.45, 2.75) is 25.3 Å². The summed E-state index contributed by atoms with van der Waals surface area (Å²) in [5.74, 6) is 0.680. The Labute approximate surface area is 116 Å². The van der Waals surface area contributed by atoms with Crippen LogP contribution in [0.25, 0.3) is 0 Å². The van der Waals surface area contributed by atoms with Gasteiger partial charge in [-0.2, -0.15) is 5.26 Å². The Balaban J connectivity index is 1.99. The summed E-state index contributed by atoms with van der Waals surface area (Å²) in [7, 11) is 2.14. The highest BCUT2D eigenvalue weighted by Crippen LogP contribution is 2.23. The number of halogens is 1. The standard InChI is InChI=1S/C14H17BrN2O/c1-17-7-3-2-4-13(17)10-18-14-6-5-12(15)8-11(14)9-16/h5-6,8,13H,2-4,7,10H2,1H3. The Kier molecular flexibility index (Phi) is 4.62. The molecular weight excluding hydrogens is 292 g/mol. The van der Waals surface area contributed by atoms with E-state index in [-0.39, 0.29) is 0 Å². The number of likely N-dealkylation sites (N-methyl/N-ethyl adjacent to an activating group) is 1. The molecule has 3 nitrogen and oxygen atoms in total. The maximum atomic E-state index is 9.07. The number of hydrogen-bond donors (Lipinski definition) is 0. The van der Waals surface area contributed by atoms with Crippen molar-refractivity contribution >= 4 is 15.9 Å². The third kappa shape index (κ3) is 3.24. The van der Waals surface area contributed by atoms with Crippen LogP contribution in [0.15, 0.2) is 22.7 Å². The largest absolute Gasteiger partial charge is 0.491 e. The summed E-state index contributed by atoms with van der Waals surface area (Å²) in [4.78, 5) is 2.34. The Hall–Kier alpha value is -1.05. The van der Waals surface area contributed by atoms with Gasteiger partial charge in [-0.25, -0.2) is 0 Å². The Morgan fingerprint density at radius 3 is 3.06 bits per heavy atom. The molecule has 18 heavy (non-hydrogen) atoms. The van der Waals surface area contributed by atoms with Crippen molar-refractivity contribution < 1.29 is 4.74 Å². The van der Waals surface area contributed by atoms with Gasteiger partial charge in [-0.05, 0) is 44.6 Å². The number of rotatable bonds is 3. The number of piperidine rings is 1. The van der Waals surface area contributed by atoms with Gasteiger partial charge in [-0.3, -0.25) is 0 Å². The highest BCUT2D eigenvalue weighted by atomic mass is 79.9. The van der Waals surface area contributed by atoms with Crippen LogP contribution in [-0.2, 0) is 0 Å². The van der Waals surface area contributed by atoms with Crippen molar-refractivity contribution in [2.24, 2.45) is 0 Å². The summed E-state index contributed by atoms with van der Waals surface area (Å²) < 4.78 is 6.71. The van der Waals surface area contributed by atoms with Gasteiger partial charge in [-0.1, -0.05) is 22.4 Å². The zero-order chi connectivity index (χ0) is 13.0. The van der Waals surface area contributed by atoms with Crippen molar-refractivity contribution in [1.29, 1.82) is 5.26 Å². The first-order chi connectivity index (χ1) is 8.70. The molecule has 0 bridgehead atoms. The summed E-state index contributed by atoms with van der Waals surface area (Å²) in [6.45, 7) is 1.80. The predicted molar refractivity (Wildman–Crippen MR) is 74.6 cm³/mol. The van der Waals surface area contributed by atoms with Gasteiger partial charge in [0.2, 0.25) is 0 Å². The van der Waals surface area contributed by atoms with Crippen LogP contribution in [0.2, 0.25) is 0 Å². The summed E-state index contributed by atoms with van der Waals surface area (Å²) in [5.41, 5.74) is 0.586. The number of ether oxygens (including phenoxy) is 1. The van der Waals surface area contributed by atoms with Crippen LogP contribution in [0.3, 0.4) is 0 Å². The minimum atomic E-state index is 0.467. The van der Waals surface area contributed by atoms with Gasteiger partial charge in [-0.15, -0.1) is 0 Å². The first kappa shape index (κ1) is 13.4. The number of nitrogens with zero attached hydrogens (tertiary/aromatic N) is 2. The van der Waals surface area contributed by atoms with Gasteiger partial charge >= 0.3 is 0 Å². The van der Waals surface area contributed by atoms with Crippen LogP contribution in [0.4, 0.5) is 0 Å². The molecule has 1 atom stereocenters. The molecule has 1 heterocycles. The van der Waals surface area contributed by atoms with Crippen molar-refractivity contribution in [2.75, 3.05) is 20.2 Å². The van der Waals surface area contributed by atoms with Gasteiger partial charge in [0.25, 0.3) is 0 Å². The molecule has 0 aromatic heterocycles. The van der Waals surface area contributed by atoms with Crippen LogP contribution in [0.5, 0.6) is 5.75 Å². The Morgan fingerprint density at radius 1 is 1.50 bits per heavy atom. The lowest BCUT2D eigenvalue weighted by Crippen LogP contribution is -2.40. The van der Waals surface area contributed by atoms with E-state index in [1.165, 1.54) is 19.3 Å². The molecule has 2 rings (SSSR count). The van der Waals surface area contributed by atoms with Crippen LogP contribution >= 0.6 is 15.9 Å². The normalized spacial score (nSPS) is 20.4. The molecule has 0 spiro atoms. The zero-order valence-electron chi connectivity index (χ0n) is 10.5. The van der Waals surface area contributed by atoms with Gasteiger partial charge in [0.05, 0.1) is 5.56 Å². The maximum Gasteiger partial charge on any atom is 0.137 e. The molecule has 1 saturated heterocycles. The van der Waals surface area contributed by atoms with E-state index in [0.717, 1.165) is 11.0 Å². The van der Waals surface area contributed by atoms with Crippen molar-refractivity contribution in [3.05, 3.63) is 28.2 Å². The van der Waals surface area contributed by atoms with Crippen LogP contribution in [0, 0.1) is 11.3 Å². The monoisotopic (exact) mass is 308 g/mol. The van der Waals surface area contributed by atoms with Gasteiger partial charge in [0.1, 0.15) is 18.4 Å². The molecule has 1 aliphatic heterocycles. The van der Waals surface area contributed by atoms with E-state index in [1.807, 2.05) is 12.1 Å². The SMILES string of the molecule is CN1CCCCC1COc1ccc(Br)cc1C#N. The summed E-state index contributed by atoms with van der Waals surface area (Å²) in [6, 6.07) is 8.18. The fourth-order valence-corrected chi connectivity index (χ4v) is 2.62. The second-order valence-corrected chi connectivity index (χ2v) is 5.61. The van der Waals surface area contributed by atoms with E-state index in [1.54, 1.807) is 6.07 Å². The lowest BCUT2D eigenvalue weighted by Gasteiger charge is -2.32. The second-order valence-electron chi connectivity index (χ2n) is 4.69. The molecule has 4 heteroatoms. The van der Waals surface area contributed by atoms with E-state index >= 15 is 0 Å². The van der Waals surface area contributed by atoms with E-state index in [9.17, 15) is 0 Å². The van der Waals surface area contributed by atoms with Crippen molar-refractivity contribution in [3.63, 3.8) is 0 Å². The second kappa shape index (κ2) is 6.21. The number of benzene rings is 1. The lowest BCUT2D eigenvalue weighted by atomic mass is 10.0. The van der Waals surface area contributed by atoms with Crippen LogP contribution in [0.1, 0.15) is 24.8 Å². The third-order valence-corrected chi connectivity index (χ3v) is 3.91. The predicted octanol–water partition coefficient (Wildman–Crippen LogP) is 3.18. The number of hydrogen-bond acceptors (Lipinski definition) is 3. The third-order valence-electron chi connectivity index (χ3n) is 3.41. The topological polar surface area (TPSA) is 36.3 Å². The number of nitriles is 1. The van der Waals surface area contributed by atoms with Gasteiger partial charge < -0.3 is 9.64 Å². The minimum absolute atomic E-state index is 0.467. The lowest BCUT2D eigenvalue weighted by molar-refractivity contribution is 0.125. The van der Waals surface area contributed by atoms with Crippen LogP contribution in [-0.4, -0.2) is 31.1 Å². The van der Waals surface area contributed by atoms with Gasteiger partial charge in [0.15, 0.2) is 0 Å². The molecule has 1 unspecified atom stereocenters. The van der Waals surface area contributed by atoms with E-state index in [4.69, 9.17) is 10.00 Å². The van der Waals surface area contributed by atoms with E-state index in [0.29, 0.717) is 24.0 Å². The van der Waals surface area contributed by atoms with Crippen LogP contribution < -0.4 is 4.74 Å². The fraction of sp³-hybridized carbons (Fsp3) is 0.500. The molecule has 1 fully saturated rings. The highest BCUT2D eigenvalue weighted by Gasteiger charge is 2.19. The quantitative estimate of drug-likeness (QED) is 0.860. The molecular formula is C14H17BrN2O. The van der Waals surface area contributed by atoms with E-state index in [2.05, 4.69) is 33.9 Å².